The SMILES string of the molecule is CCC1(COCCOCCCl)COC1. The Hall–Kier alpha value is 0.170. The minimum absolute atomic E-state index is 0.284. The standard InChI is InChI=1S/C10H19ClO3/c1-2-10(8-14-9-10)7-13-6-5-12-4-3-11/h2-9H2,1H3. The van der Waals surface area contributed by atoms with Crippen molar-refractivity contribution in [2.45, 2.75) is 13.3 Å². The van der Waals surface area contributed by atoms with Gasteiger partial charge in [0.05, 0.1) is 39.6 Å². The molecule has 0 bridgehead atoms. The van der Waals surface area contributed by atoms with Crippen LogP contribution >= 0.6 is 11.6 Å². The Morgan fingerprint density at radius 2 is 1.93 bits per heavy atom. The second-order valence-corrected chi connectivity index (χ2v) is 4.08. The summed E-state index contributed by atoms with van der Waals surface area (Å²) in [5.74, 6) is 0.548. The highest BCUT2D eigenvalue weighted by molar-refractivity contribution is 6.17. The summed E-state index contributed by atoms with van der Waals surface area (Å²) in [6.45, 7) is 6.53. The summed E-state index contributed by atoms with van der Waals surface area (Å²) in [4.78, 5) is 0. The summed E-state index contributed by atoms with van der Waals surface area (Å²) < 4.78 is 15.9. The second-order valence-electron chi connectivity index (χ2n) is 3.70. The van der Waals surface area contributed by atoms with Crippen molar-refractivity contribution < 1.29 is 14.2 Å². The Kier molecular flexibility index (Phi) is 5.78. The minimum atomic E-state index is 0.284. The van der Waals surface area contributed by atoms with Crippen molar-refractivity contribution in [3.63, 3.8) is 0 Å². The van der Waals surface area contributed by atoms with Gasteiger partial charge < -0.3 is 14.2 Å². The molecule has 0 radical (unpaired) electrons. The average Bonchev–Trinajstić information content (AvgIpc) is 2.15. The molecule has 0 N–H and O–H groups in total. The first-order valence-corrected chi connectivity index (χ1v) is 5.66. The van der Waals surface area contributed by atoms with Crippen molar-refractivity contribution in [1.29, 1.82) is 0 Å². The summed E-state index contributed by atoms with van der Waals surface area (Å²) in [5.41, 5.74) is 0.284. The van der Waals surface area contributed by atoms with Gasteiger partial charge in [-0.15, -0.1) is 11.6 Å². The quantitative estimate of drug-likeness (QED) is 0.462. The minimum Gasteiger partial charge on any atom is -0.380 e. The van der Waals surface area contributed by atoms with E-state index in [0.29, 0.717) is 25.7 Å². The zero-order valence-electron chi connectivity index (χ0n) is 8.76. The van der Waals surface area contributed by atoms with Gasteiger partial charge in [-0.1, -0.05) is 6.92 Å². The Labute approximate surface area is 90.7 Å². The first kappa shape index (κ1) is 12.2. The first-order chi connectivity index (χ1) is 6.83. The van der Waals surface area contributed by atoms with Gasteiger partial charge in [-0.3, -0.25) is 0 Å². The fourth-order valence-corrected chi connectivity index (χ4v) is 1.45. The predicted molar refractivity (Wildman–Crippen MR) is 55.9 cm³/mol. The van der Waals surface area contributed by atoms with Crippen LogP contribution in [0.5, 0.6) is 0 Å². The largest absolute Gasteiger partial charge is 0.380 e. The third-order valence-electron chi connectivity index (χ3n) is 2.57. The molecule has 0 saturated carbocycles. The molecule has 0 unspecified atom stereocenters. The number of hydrogen-bond acceptors (Lipinski definition) is 3. The molecule has 0 atom stereocenters. The zero-order chi connectivity index (χ0) is 10.3. The third kappa shape index (κ3) is 3.73. The predicted octanol–water partition coefficient (Wildman–Crippen LogP) is 1.68. The topological polar surface area (TPSA) is 27.7 Å². The molecule has 0 aliphatic carbocycles. The summed E-state index contributed by atoms with van der Waals surface area (Å²) in [6.07, 6.45) is 1.12. The molecule has 3 nitrogen and oxygen atoms in total. The molecule has 1 rings (SSSR count). The molecule has 84 valence electrons. The highest BCUT2D eigenvalue weighted by Crippen LogP contribution is 2.31. The lowest BCUT2D eigenvalue weighted by Gasteiger charge is -2.40. The average molecular weight is 223 g/mol. The molecular weight excluding hydrogens is 204 g/mol. The van der Waals surface area contributed by atoms with E-state index in [1.54, 1.807) is 0 Å². The summed E-state index contributed by atoms with van der Waals surface area (Å²) in [6, 6.07) is 0. The molecule has 1 aliphatic rings. The van der Waals surface area contributed by atoms with E-state index in [-0.39, 0.29) is 5.41 Å². The fourth-order valence-electron chi connectivity index (χ4n) is 1.34. The van der Waals surface area contributed by atoms with Crippen molar-refractivity contribution in [1.82, 2.24) is 0 Å². The van der Waals surface area contributed by atoms with Crippen LogP contribution in [0, 0.1) is 5.41 Å². The number of alkyl halides is 1. The lowest BCUT2D eigenvalue weighted by molar-refractivity contribution is -0.152. The van der Waals surface area contributed by atoms with Crippen molar-refractivity contribution in [3.8, 4) is 0 Å². The lowest BCUT2D eigenvalue weighted by Crippen LogP contribution is -2.45. The Morgan fingerprint density at radius 1 is 1.21 bits per heavy atom. The van der Waals surface area contributed by atoms with E-state index in [0.717, 1.165) is 26.2 Å². The van der Waals surface area contributed by atoms with E-state index in [2.05, 4.69) is 6.92 Å². The Morgan fingerprint density at radius 3 is 2.43 bits per heavy atom. The van der Waals surface area contributed by atoms with Gasteiger partial charge in [-0.25, -0.2) is 0 Å². The molecular formula is C10H19ClO3. The third-order valence-corrected chi connectivity index (χ3v) is 2.72. The van der Waals surface area contributed by atoms with Gasteiger partial charge in [0, 0.05) is 11.3 Å². The van der Waals surface area contributed by atoms with E-state index < -0.39 is 0 Å². The monoisotopic (exact) mass is 222 g/mol. The first-order valence-electron chi connectivity index (χ1n) is 5.12. The molecule has 0 spiro atoms. The second kappa shape index (κ2) is 6.62. The van der Waals surface area contributed by atoms with Gasteiger partial charge in [0.15, 0.2) is 0 Å². The van der Waals surface area contributed by atoms with Crippen LogP contribution in [0.4, 0.5) is 0 Å². The maximum Gasteiger partial charge on any atom is 0.0701 e. The summed E-state index contributed by atoms with van der Waals surface area (Å²) in [5, 5.41) is 0. The van der Waals surface area contributed by atoms with Crippen LogP contribution in [0.2, 0.25) is 0 Å². The van der Waals surface area contributed by atoms with E-state index in [4.69, 9.17) is 25.8 Å². The maximum absolute atomic E-state index is 5.53. The van der Waals surface area contributed by atoms with Crippen molar-refractivity contribution in [2.75, 3.05) is 45.5 Å². The highest BCUT2D eigenvalue weighted by Gasteiger charge is 2.36. The van der Waals surface area contributed by atoms with E-state index in [1.165, 1.54) is 0 Å². The van der Waals surface area contributed by atoms with Gasteiger partial charge in [-0.05, 0) is 6.42 Å². The molecule has 1 aliphatic heterocycles. The van der Waals surface area contributed by atoms with E-state index in [1.807, 2.05) is 0 Å². The maximum atomic E-state index is 5.53. The van der Waals surface area contributed by atoms with Crippen molar-refractivity contribution in [3.05, 3.63) is 0 Å². The van der Waals surface area contributed by atoms with Crippen LogP contribution in [0.3, 0.4) is 0 Å². The van der Waals surface area contributed by atoms with Crippen LogP contribution < -0.4 is 0 Å². The summed E-state index contributed by atoms with van der Waals surface area (Å²) >= 11 is 5.46. The lowest BCUT2D eigenvalue weighted by atomic mass is 9.84. The molecule has 4 heteroatoms. The number of hydrogen-bond donors (Lipinski definition) is 0. The van der Waals surface area contributed by atoms with E-state index in [9.17, 15) is 0 Å². The molecule has 1 saturated heterocycles. The smallest absolute Gasteiger partial charge is 0.0701 e. The van der Waals surface area contributed by atoms with Crippen LogP contribution in [-0.4, -0.2) is 45.5 Å². The van der Waals surface area contributed by atoms with Crippen LogP contribution in [0.15, 0.2) is 0 Å². The van der Waals surface area contributed by atoms with Crippen molar-refractivity contribution in [2.24, 2.45) is 5.41 Å². The molecule has 1 fully saturated rings. The zero-order valence-corrected chi connectivity index (χ0v) is 9.52. The molecule has 14 heavy (non-hydrogen) atoms. The van der Waals surface area contributed by atoms with Gasteiger partial charge in [0.1, 0.15) is 0 Å². The van der Waals surface area contributed by atoms with E-state index >= 15 is 0 Å². The fraction of sp³-hybridized carbons (Fsp3) is 1.00. The number of rotatable bonds is 8. The molecule has 0 aromatic carbocycles. The van der Waals surface area contributed by atoms with Crippen LogP contribution in [-0.2, 0) is 14.2 Å². The van der Waals surface area contributed by atoms with Gasteiger partial charge in [-0.2, -0.15) is 0 Å². The Bertz CT molecular complexity index is 143. The molecule has 1 heterocycles. The van der Waals surface area contributed by atoms with Crippen LogP contribution in [0.25, 0.3) is 0 Å². The molecule has 0 aromatic rings. The molecule has 0 amide bonds. The number of ether oxygens (including phenoxy) is 3. The van der Waals surface area contributed by atoms with Crippen molar-refractivity contribution >= 4 is 11.6 Å². The van der Waals surface area contributed by atoms with Gasteiger partial charge in [0.25, 0.3) is 0 Å². The normalized spacial score (nSPS) is 19.3. The van der Waals surface area contributed by atoms with Gasteiger partial charge >= 0.3 is 0 Å². The van der Waals surface area contributed by atoms with Crippen LogP contribution in [0.1, 0.15) is 13.3 Å². The summed E-state index contributed by atoms with van der Waals surface area (Å²) in [7, 11) is 0. The van der Waals surface area contributed by atoms with Gasteiger partial charge in [0.2, 0.25) is 0 Å². The molecule has 0 aromatic heterocycles. The Balaban J connectivity index is 1.92. The number of halogens is 1. The highest BCUT2D eigenvalue weighted by atomic mass is 35.5.